The number of phenolic OH excluding ortho intramolecular Hbond substituents is 1. The minimum Gasteiger partial charge on any atom is -0.505 e. The van der Waals surface area contributed by atoms with E-state index in [0.29, 0.717) is 12.4 Å². The highest BCUT2D eigenvalue weighted by Crippen LogP contribution is 2.27. The molecule has 82 valence electrons. The second-order valence-electron chi connectivity index (χ2n) is 3.27. The van der Waals surface area contributed by atoms with Crippen LogP contribution in [0.1, 0.15) is 6.42 Å². The van der Waals surface area contributed by atoms with Crippen molar-refractivity contribution < 1.29 is 19.0 Å². The normalized spacial score (nSPS) is 25.5. The lowest BCUT2D eigenvalue weighted by Crippen LogP contribution is -2.22. The van der Waals surface area contributed by atoms with Crippen LogP contribution in [0.2, 0.25) is 0 Å². The third-order valence-corrected chi connectivity index (χ3v) is 3.03. The van der Waals surface area contributed by atoms with Crippen molar-refractivity contribution in [3.63, 3.8) is 0 Å². The summed E-state index contributed by atoms with van der Waals surface area (Å²) >= 11 is 3.40. The molecule has 1 heterocycles. The minimum atomic E-state index is -0.698. The van der Waals surface area contributed by atoms with Gasteiger partial charge in [-0.25, -0.2) is 4.39 Å². The Morgan fingerprint density at radius 2 is 2.33 bits per heavy atom. The summed E-state index contributed by atoms with van der Waals surface area (Å²) in [6.07, 6.45) is 0.472. The average molecular weight is 277 g/mol. The van der Waals surface area contributed by atoms with Gasteiger partial charge >= 0.3 is 0 Å². The van der Waals surface area contributed by atoms with Crippen molar-refractivity contribution in [3.05, 3.63) is 24.0 Å². The monoisotopic (exact) mass is 276 g/mol. The highest BCUT2D eigenvalue weighted by molar-refractivity contribution is 9.09. The standard InChI is InChI=1S/C10H10BrFO3/c11-7-3-4-14-10(7)15-6-1-2-9(13)8(12)5-6/h1-2,5,7,10,13H,3-4H2. The van der Waals surface area contributed by atoms with Crippen LogP contribution in [0.15, 0.2) is 18.2 Å². The molecule has 0 amide bonds. The van der Waals surface area contributed by atoms with Crippen molar-refractivity contribution in [2.24, 2.45) is 0 Å². The van der Waals surface area contributed by atoms with Crippen LogP contribution in [0.4, 0.5) is 4.39 Å². The molecule has 0 aliphatic carbocycles. The molecule has 1 aliphatic heterocycles. The Morgan fingerprint density at radius 3 is 2.93 bits per heavy atom. The second-order valence-corrected chi connectivity index (χ2v) is 4.45. The molecule has 3 nitrogen and oxygen atoms in total. The first kappa shape index (κ1) is 10.7. The Bertz CT molecular complexity index is 359. The van der Waals surface area contributed by atoms with Crippen LogP contribution < -0.4 is 4.74 Å². The first-order valence-corrected chi connectivity index (χ1v) is 5.49. The van der Waals surface area contributed by atoms with E-state index in [1.807, 2.05) is 0 Å². The molecule has 1 N–H and O–H groups in total. The highest BCUT2D eigenvalue weighted by atomic mass is 79.9. The van der Waals surface area contributed by atoms with Gasteiger partial charge in [0.05, 0.1) is 11.4 Å². The molecule has 2 unspecified atom stereocenters. The summed E-state index contributed by atoms with van der Waals surface area (Å²) in [6, 6.07) is 3.89. The molecule has 0 aromatic heterocycles. The maximum atomic E-state index is 13.0. The van der Waals surface area contributed by atoms with Gasteiger partial charge in [-0.2, -0.15) is 0 Å². The van der Waals surface area contributed by atoms with Gasteiger partial charge in [0.1, 0.15) is 5.75 Å². The van der Waals surface area contributed by atoms with E-state index in [1.165, 1.54) is 12.1 Å². The van der Waals surface area contributed by atoms with Gasteiger partial charge < -0.3 is 14.6 Å². The van der Waals surface area contributed by atoms with E-state index in [9.17, 15) is 4.39 Å². The molecular weight excluding hydrogens is 267 g/mol. The van der Waals surface area contributed by atoms with Gasteiger partial charge in [0.2, 0.25) is 6.29 Å². The maximum Gasteiger partial charge on any atom is 0.212 e. The quantitative estimate of drug-likeness (QED) is 0.844. The van der Waals surface area contributed by atoms with Crippen molar-refractivity contribution in [1.29, 1.82) is 0 Å². The van der Waals surface area contributed by atoms with E-state index in [-0.39, 0.29) is 10.6 Å². The maximum absolute atomic E-state index is 13.0. The predicted molar refractivity (Wildman–Crippen MR) is 55.8 cm³/mol. The lowest BCUT2D eigenvalue weighted by Gasteiger charge is -2.15. The van der Waals surface area contributed by atoms with E-state index >= 15 is 0 Å². The van der Waals surface area contributed by atoms with Crippen molar-refractivity contribution >= 4 is 15.9 Å². The molecule has 5 heteroatoms. The molecule has 0 spiro atoms. The van der Waals surface area contributed by atoms with Crippen LogP contribution >= 0.6 is 15.9 Å². The fourth-order valence-corrected chi connectivity index (χ4v) is 1.79. The topological polar surface area (TPSA) is 38.7 Å². The molecular formula is C10H10BrFO3. The number of hydrogen-bond acceptors (Lipinski definition) is 3. The van der Waals surface area contributed by atoms with E-state index in [0.717, 1.165) is 12.5 Å². The summed E-state index contributed by atoms with van der Waals surface area (Å²) in [7, 11) is 0. The number of phenols is 1. The molecule has 0 saturated carbocycles. The number of benzene rings is 1. The van der Waals surface area contributed by atoms with Gasteiger partial charge in [-0.3, -0.25) is 0 Å². The third-order valence-electron chi connectivity index (χ3n) is 2.14. The molecule has 1 aliphatic rings. The van der Waals surface area contributed by atoms with E-state index in [1.54, 1.807) is 0 Å². The van der Waals surface area contributed by atoms with Crippen molar-refractivity contribution in [3.8, 4) is 11.5 Å². The molecule has 1 fully saturated rings. The summed E-state index contributed by atoms with van der Waals surface area (Å²) in [5.74, 6) is -0.733. The molecule has 2 atom stereocenters. The average Bonchev–Trinajstić information content (AvgIpc) is 2.59. The summed E-state index contributed by atoms with van der Waals surface area (Å²) < 4.78 is 23.7. The van der Waals surface area contributed by atoms with Gasteiger partial charge in [-0.1, -0.05) is 15.9 Å². The highest BCUT2D eigenvalue weighted by Gasteiger charge is 2.27. The van der Waals surface area contributed by atoms with Crippen LogP contribution in [0.3, 0.4) is 0 Å². The van der Waals surface area contributed by atoms with Crippen LogP contribution in [-0.4, -0.2) is 22.8 Å². The molecule has 2 rings (SSSR count). The van der Waals surface area contributed by atoms with E-state index in [2.05, 4.69) is 15.9 Å². The van der Waals surface area contributed by atoms with Crippen LogP contribution in [0.5, 0.6) is 11.5 Å². The van der Waals surface area contributed by atoms with Crippen molar-refractivity contribution in [1.82, 2.24) is 0 Å². The summed E-state index contributed by atoms with van der Waals surface area (Å²) in [5, 5.41) is 8.99. The molecule has 15 heavy (non-hydrogen) atoms. The lowest BCUT2D eigenvalue weighted by atomic mass is 10.3. The van der Waals surface area contributed by atoms with Crippen LogP contribution in [0.25, 0.3) is 0 Å². The van der Waals surface area contributed by atoms with Gasteiger partial charge in [0.25, 0.3) is 0 Å². The lowest BCUT2D eigenvalue weighted by molar-refractivity contribution is -0.0357. The van der Waals surface area contributed by atoms with Crippen LogP contribution in [-0.2, 0) is 4.74 Å². The number of aromatic hydroxyl groups is 1. The van der Waals surface area contributed by atoms with E-state index in [4.69, 9.17) is 14.6 Å². The molecule has 0 radical (unpaired) electrons. The SMILES string of the molecule is Oc1ccc(OC2OCCC2Br)cc1F. The molecule has 1 saturated heterocycles. The Kier molecular flexibility index (Phi) is 3.11. The van der Waals surface area contributed by atoms with E-state index < -0.39 is 12.1 Å². The zero-order chi connectivity index (χ0) is 10.8. The third kappa shape index (κ3) is 2.41. The number of halogens is 2. The second kappa shape index (κ2) is 4.37. The fourth-order valence-electron chi connectivity index (χ4n) is 1.34. The minimum absolute atomic E-state index is 0.120. The Morgan fingerprint density at radius 1 is 1.53 bits per heavy atom. The van der Waals surface area contributed by atoms with Gasteiger partial charge in [0.15, 0.2) is 11.6 Å². The van der Waals surface area contributed by atoms with Gasteiger partial charge in [0, 0.05) is 6.07 Å². The van der Waals surface area contributed by atoms with Crippen LogP contribution in [0, 0.1) is 5.82 Å². The molecule has 1 aromatic carbocycles. The first-order chi connectivity index (χ1) is 7.16. The zero-order valence-corrected chi connectivity index (χ0v) is 9.41. The largest absolute Gasteiger partial charge is 0.505 e. The van der Waals surface area contributed by atoms with Crippen molar-refractivity contribution in [2.45, 2.75) is 17.5 Å². The number of hydrogen-bond donors (Lipinski definition) is 1. The predicted octanol–water partition coefficient (Wildman–Crippen LogP) is 2.42. The molecule has 1 aromatic rings. The number of rotatable bonds is 2. The number of alkyl halides is 1. The summed E-state index contributed by atoms with van der Waals surface area (Å²) in [6.45, 7) is 0.626. The number of ether oxygens (including phenoxy) is 2. The zero-order valence-electron chi connectivity index (χ0n) is 7.82. The first-order valence-electron chi connectivity index (χ1n) is 4.57. The Hall–Kier alpha value is -0.810. The Labute approximate surface area is 94.9 Å². The van der Waals surface area contributed by atoms with Crippen molar-refractivity contribution in [2.75, 3.05) is 6.61 Å². The Balaban J connectivity index is 2.07. The summed E-state index contributed by atoms with van der Waals surface area (Å²) in [5.41, 5.74) is 0. The summed E-state index contributed by atoms with van der Waals surface area (Å²) in [4.78, 5) is 0.120. The molecule has 0 bridgehead atoms. The fraction of sp³-hybridized carbons (Fsp3) is 0.400. The van der Waals surface area contributed by atoms with Gasteiger partial charge in [-0.05, 0) is 18.6 Å². The smallest absolute Gasteiger partial charge is 0.212 e. The van der Waals surface area contributed by atoms with Gasteiger partial charge in [-0.15, -0.1) is 0 Å².